The zero-order valence-corrected chi connectivity index (χ0v) is 19.9. The molecule has 2 aromatic carbocycles. The van der Waals surface area contributed by atoms with Gasteiger partial charge in [0.25, 0.3) is 0 Å². The van der Waals surface area contributed by atoms with Crippen molar-refractivity contribution in [3.8, 4) is 16.9 Å². The number of hydrogen-bond acceptors (Lipinski definition) is 8. The third kappa shape index (κ3) is 6.44. The predicted octanol–water partition coefficient (Wildman–Crippen LogP) is 1.07. The summed E-state index contributed by atoms with van der Waals surface area (Å²) in [6, 6.07) is 6.86. The van der Waals surface area contributed by atoms with Crippen molar-refractivity contribution in [1.29, 1.82) is 0 Å². The Kier molecular flexibility index (Phi) is 8.15. The number of aliphatic hydroxyl groups excluding tert-OH is 3. The molecule has 0 aliphatic carbocycles. The number of benzene rings is 2. The molecular formula is C22H25F3N2O8S. The number of carbonyl (C=O) groups is 1. The molecule has 0 bridgehead atoms. The summed E-state index contributed by atoms with van der Waals surface area (Å²) >= 11 is 0. The van der Waals surface area contributed by atoms with E-state index in [0.717, 1.165) is 25.3 Å². The van der Waals surface area contributed by atoms with Gasteiger partial charge in [-0.3, -0.25) is 9.52 Å². The molecule has 3 unspecified atom stereocenters. The van der Waals surface area contributed by atoms with Crippen molar-refractivity contribution >= 4 is 21.6 Å². The first-order valence-corrected chi connectivity index (χ1v) is 12.4. The zero-order valence-electron chi connectivity index (χ0n) is 19.1. The molecule has 0 saturated carbocycles. The van der Waals surface area contributed by atoms with Crippen molar-refractivity contribution in [3.63, 3.8) is 0 Å². The third-order valence-corrected chi connectivity index (χ3v) is 5.89. The number of aliphatic hydroxyl groups is 3. The summed E-state index contributed by atoms with van der Waals surface area (Å²) in [6.45, 7) is 0.365. The Labute approximate surface area is 204 Å². The number of amides is 1. The van der Waals surface area contributed by atoms with E-state index in [0.29, 0.717) is 0 Å². The quantitative estimate of drug-likeness (QED) is 0.354. The molecule has 5 atom stereocenters. The van der Waals surface area contributed by atoms with E-state index in [2.05, 4.69) is 10.0 Å². The van der Waals surface area contributed by atoms with Gasteiger partial charge in [-0.15, -0.1) is 0 Å². The average Bonchev–Trinajstić information content (AvgIpc) is 2.76. The minimum Gasteiger partial charge on any atom is -0.462 e. The van der Waals surface area contributed by atoms with Gasteiger partial charge in [0.15, 0.2) is 0 Å². The zero-order chi connectivity index (χ0) is 26.8. The van der Waals surface area contributed by atoms with Gasteiger partial charge < -0.3 is 30.1 Å². The summed E-state index contributed by atoms with van der Waals surface area (Å²) < 4.78 is 78.6. The van der Waals surface area contributed by atoms with Gasteiger partial charge in [-0.2, -0.15) is 13.2 Å². The lowest BCUT2D eigenvalue weighted by atomic mass is 9.96. The molecule has 0 radical (unpaired) electrons. The minimum absolute atomic E-state index is 0.00172. The molecule has 36 heavy (non-hydrogen) atoms. The Hall–Kier alpha value is -2.91. The van der Waals surface area contributed by atoms with Crippen LogP contribution >= 0.6 is 0 Å². The number of rotatable bonds is 7. The number of hydrogen-bond donors (Lipinski definition) is 5. The van der Waals surface area contributed by atoms with Crippen LogP contribution in [0.4, 0.5) is 18.9 Å². The van der Waals surface area contributed by atoms with Crippen LogP contribution in [0.25, 0.3) is 11.1 Å². The molecule has 1 aliphatic heterocycles. The highest BCUT2D eigenvalue weighted by atomic mass is 32.2. The molecule has 14 heteroatoms. The highest BCUT2D eigenvalue weighted by Gasteiger charge is 2.46. The number of sulfonamides is 1. The van der Waals surface area contributed by atoms with Crippen molar-refractivity contribution < 1.29 is 51.2 Å². The van der Waals surface area contributed by atoms with Gasteiger partial charge in [0.1, 0.15) is 30.1 Å². The normalized spacial score (nSPS) is 24.7. The van der Waals surface area contributed by atoms with Gasteiger partial charge in [0, 0.05) is 18.2 Å². The van der Waals surface area contributed by atoms with Gasteiger partial charge in [0.05, 0.1) is 18.4 Å². The average molecular weight is 535 g/mol. The first kappa shape index (κ1) is 27.7. The van der Waals surface area contributed by atoms with E-state index >= 15 is 0 Å². The van der Waals surface area contributed by atoms with E-state index in [1.54, 1.807) is 0 Å². The van der Waals surface area contributed by atoms with Crippen LogP contribution in [-0.2, 0) is 25.7 Å². The minimum atomic E-state index is -4.84. The largest absolute Gasteiger partial charge is 0.462 e. The van der Waals surface area contributed by atoms with E-state index in [1.807, 2.05) is 0 Å². The second kappa shape index (κ2) is 10.6. The van der Waals surface area contributed by atoms with Crippen LogP contribution < -0.4 is 14.8 Å². The molecule has 0 spiro atoms. The van der Waals surface area contributed by atoms with Gasteiger partial charge in [-0.25, -0.2) is 8.42 Å². The van der Waals surface area contributed by atoms with Crippen molar-refractivity contribution in [1.82, 2.24) is 5.32 Å². The van der Waals surface area contributed by atoms with Crippen molar-refractivity contribution in [2.75, 3.05) is 17.6 Å². The molecule has 3 rings (SSSR count). The molecular weight excluding hydrogens is 509 g/mol. The fourth-order valence-corrected chi connectivity index (χ4v) is 4.37. The number of halogens is 3. The second-order valence-corrected chi connectivity index (χ2v) is 9.93. The van der Waals surface area contributed by atoms with Crippen LogP contribution in [0.1, 0.15) is 12.5 Å². The summed E-state index contributed by atoms with van der Waals surface area (Å²) in [7, 11) is -3.73. The van der Waals surface area contributed by atoms with Crippen molar-refractivity contribution in [2.24, 2.45) is 0 Å². The molecule has 1 saturated heterocycles. The monoisotopic (exact) mass is 534 g/mol. The highest BCUT2D eigenvalue weighted by molar-refractivity contribution is 7.92. The number of anilines is 1. The molecule has 10 nitrogen and oxygen atoms in total. The molecule has 1 aliphatic rings. The van der Waals surface area contributed by atoms with Gasteiger partial charge in [-0.1, -0.05) is 18.2 Å². The smallest absolute Gasteiger partial charge is 0.417 e. The van der Waals surface area contributed by atoms with Gasteiger partial charge in [0.2, 0.25) is 22.2 Å². The maximum absolute atomic E-state index is 14.0. The Bertz CT molecular complexity index is 1210. The SMILES string of the molecule is CC(=O)NC1C(O)[C@@H](O)C(CO)O[C@H]1Oc1cccc(C(F)(F)F)c1-c1cccc(NS(C)(=O)=O)c1. The molecule has 198 valence electrons. The Balaban J connectivity index is 2.12. The first-order chi connectivity index (χ1) is 16.7. The first-order valence-electron chi connectivity index (χ1n) is 10.6. The Morgan fingerprint density at radius 1 is 1.14 bits per heavy atom. The lowest BCUT2D eigenvalue weighted by molar-refractivity contribution is -0.244. The third-order valence-electron chi connectivity index (χ3n) is 5.28. The van der Waals surface area contributed by atoms with E-state index in [1.165, 1.54) is 30.3 Å². The Morgan fingerprint density at radius 2 is 1.81 bits per heavy atom. The lowest BCUT2D eigenvalue weighted by Gasteiger charge is -2.42. The summed E-state index contributed by atoms with van der Waals surface area (Å²) in [6.07, 6.45) is -10.2. The summed E-state index contributed by atoms with van der Waals surface area (Å²) in [4.78, 5) is 11.7. The second-order valence-electron chi connectivity index (χ2n) is 8.18. The number of ether oxygens (including phenoxy) is 2. The summed E-state index contributed by atoms with van der Waals surface area (Å²) in [5.41, 5.74) is -1.63. The molecule has 5 N–H and O–H groups in total. The maximum atomic E-state index is 14.0. The molecule has 1 fully saturated rings. The number of alkyl halides is 3. The van der Waals surface area contributed by atoms with Crippen LogP contribution in [0.2, 0.25) is 0 Å². The van der Waals surface area contributed by atoms with E-state index in [4.69, 9.17) is 9.47 Å². The topological polar surface area (TPSA) is 154 Å². The van der Waals surface area contributed by atoms with Crippen LogP contribution in [0.3, 0.4) is 0 Å². The molecule has 1 heterocycles. The van der Waals surface area contributed by atoms with Gasteiger partial charge >= 0.3 is 6.18 Å². The highest BCUT2D eigenvalue weighted by Crippen LogP contribution is 2.43. The molecule has 2 aromatic rings. The van der Waals surface area contributed by atoms with Crippen molar-refractivity contribution in [2.45, 2.75) is 43.7 Å². The van der Waals surface area contributed by atoms with E-state index in [9.17, 15) is 41.7 Å². The fourth-order valence-electron chi connectivity index (χ4n) is 3.81. The van der Waals surface area contributed by atoms with E-state index in [-0.39, 0.29) is 17.0 Å². The van der Waals surface area contributed by atoms with E-state index < -0.39 is 70.5 Å². The Morgan fingerprint density at radius 3 is 2.39 bits per heavy atom. The fraction of sp³-hybridized carbons (Fsp3) is 0.409. The molecule has 0 aromatic heterocycles. The summed E-state index contributed by atoms with van der Waals surface area (Å²) in [5, 5.41) is 32.5. The van der Waals surface area contributed by atoms with Gasteiger partial charge in [-0.05, 0) is 29.8 Å². The maximum Gasteiger partial charge on any atom is 0.417 e. The van der Waals surface area contributed by atoms with Crippen molar-refractivity contribution in [3.05, 3.63) is 48.0 Å². The summed E-state index contributed by atoms with van der Waals surface area (Å²) in [5.74, 6) is -1.02. The predicted molar refractivity (Wildman–Crippen MR) is 121 cm³/mol. The molecule has 1 amide bonds. The number of carbonyl (C=O) groups excluding carboxylic acids is 1. The van der Waals surface area contributed by atoms with Crippen LogP contribution in [-0.4, -0.2) is 73.2 Å². The van der Waals surface area contributed by atoms with Crippen LogP contribution in [0.15, 0.2) is 42.5 Å². The van der Waals surface area contributed by atoms with Crippen LogP contribution in [0.5, 0.6) is 5.75 Å². The lowest BCUT2D eigenvalue weighted by Crippen LogP contribution is -2.65. The standard InChI is InChI=1S/C22H25F3N2O8S/c1-11(29)26-18-20(31)19(30)16(10-28)35-21(18)34-15-8-4-7-14(22(23,24)25)17(15)12-5-3-6-13(9-12)27-36(2,32)33/h3-9,16,18-21,27-28,30-31H,10H2,1-2H3,(H,26,29)/t16?,18?,19-,20?,21+/m0/s1. The van der Waals surface area contributed by atoms with Crippen LogP contribution in [0, 0.1) is 0 Å². The number of nitrogens with one attached hydrogen (secondary N) is 2.